The van der Waals surface area contributed by atoms with Crippen LogP contribution in [-0.4, -0.2) is 6.10 Å². The predicted octanol–water partition coefficient (Wildman–Crippen LogP) is 4.82. The van der Waals surface area contributed by atoms with E-state index >= 15 is 0 Å². The molecule has 0 spiro atoms. The Morgan fingerprint density at radius 3 is 2.48 bits per heavy atom. The highest BCUT2D eigenvalue weighted by molar-refractivity contribution is 5.24. The summed E-state index contributed by atoms with van der Waals surface area (Å²) in [7, 11) is 0. The Bertz CT molecular complexity index is 662. The average molecular weight is 309 g/mol. The zero-order chi connectivity index (χ0) is 16.1. The minimum atomic E-state index is -0.231. The Labute approximate surface area is 136 Å². The van der Waals surface area contributed by atoms with Gasteiger partial charge in [0.05, 0.1) is 18.8 Å². The van der Waals surface area contributed by atoms with Crippen molar-refractivity contribution in [2.24, 2.45) is 5.92 Å². The summed E-state index contributed by atoms with van der Waals surface area (Å²) in [5.74, 6) is 0.218. The normalized spacial score (nSPS) is 23.6. The Hall–Kier alpha value is -2.18. The highest BCUT2D eigenvalue weighted by atomic mass is 19.1. The van der Waals surface area contributed by atoms with Gasteiger partial charge in [-0.2, -0.15) is 5.26 Å². The predicted molar refractivity (Wildman–Crippen MR) is 87.1 cm³/mol. The van der Waals surface area contributed by atoms with E-state index in [2.05, 4.69) is 18.2 Å². The number of hydrogen-bond donors (Lipinski definition) is 0. The van der Waals surface area contributed by atoms with Crippen molar-refractivity contribution in [2.75, 3.05) is 0 Å². The molecular weight excluding hydrogens is 289 g/mol. The molecule has 2 aromatic rings. The summed E-state index contributed by atoms with van der Waals surface area (Å²) in [6.07, 6.45) is 2.53. The average Bonchev–Trinajstić information content (AvgIpc) is 2.98. The lowest BCUT2D eigenvalue weighted by Gasteiger charge is -2.24. The van der Waals surface area contributed by atoms with E-state index in [0.29, 0.717) is 13.0 Å². The van der Waals surface area contributed by atoms with Crippen LogP contribution in [0.4, 0.5) is 4.39 Å². The first kappa shape index (κ1) is 15.7. The van der Waals surface area contributed by atoms with Crippen molar-refractivity contribution in [1.29, 1.82) is 5.26 Å². The lowest BCUT2D eigenvalue weighted by atomic mass is 9.86. The van der Waals surface area contributed by atoms with Crippen molar-refractivity contribution < 1.29 is 9.13 Å². The van der Waals surface area contributed by atoms with Gasteiger partial charge in [-0.25, -0.2) is 4.39 Å². The van der Waals surface area contributed by atoms with E-state index in [1.807, 2.05) is 30.3 Å². The van der Waals surface area contributed by atoms with Crippen LogP contribution in [0.15, 0.2) is 54.6 Å². The molecule has 0 amide bonds. The van der Waals surface area contributed by atoms with Gasteiger partial charge in [-0.1, -0.05) is 42.5 Å². The molecule has 2 nitrogen and oxygen atoms in total. The number of ether oxygens (including phenoxy) is 1. The summed E-state index contributed by atoms with van der Waals surface area (Å²) < 4.78 is 19.4. The Morgan fingerprint density at radius 1 is 1.04 bits per heavy atom. The minimum Gasteiger partial charge on any atom is -0.373 e. The van der Waals surface area contributed by atoms with Crippen molar-refractivity contribution in [1.82, 2.24) is 0 Å². The van der Waals surface area contributed by atoms with E-state index in [-0.39, 0.29) is 23.8 Å². The number of halogens is 1. The largest absolute Gasteiger partial charge is 0.373 e. The van der Waals surface area contributed by atoms with Crippen LogP contribution in [0.5, 0.6) is 0 Å². The molecule has 0 heterocycles. The topological polar surface area (TPSA) is 33.0 Å². The Balaban J connectivity index is 1.75. The van der Waals surface area contributed by atoms with E-state index in [4.69, 9.17) is 10.00 Å². The first-order valence-corrected chi connectivity index (χ1v) is 8.06. The van der Waals surface area contributed by atoms with Gasteiger partial charge in [0.2, 0.25) is 0 Å². The van der Waals surface area contributed by atoms with E-state index in [1.165, 1.54) is 12.1 Å². The van der Waals surface area contributed by atoms with Crippen LogP contribution in [0.1, 0.15) is 36.3 Å². The quantitative estimate of drug-likeness (QED) is 0.793. The lowest BCUT2D eigenvalue weighted by Crippen LogP contribution is -2.20. The summed E-state index contributed by atoms with van der Waals surface area (Å²) in [5.41, 5.74) is 2.22. The fraction of sp³-hybridized carbons (Fsp3) is 0.350. The summed E-state index contributed by atoms with van der Waals surface area (Å²) in [4.78, 5) is 0. The fourth-order valence-electron chi connectivity index (χ4n) is 3.52. The molecule has 0 aromatic heterocycles. The lowest BCUT2D eigenvalue weighted by molar-refractivity contribution is 0.0301. The Morgan fingerprint density at radius 2 is 1.78 bits per heavy atom. The molecule has 1 aliphatic rings. The SMILES string of the molecule is N#CCC1CCC(OCc2ccccc2)C1c1ccc(F)cc1. The monoisotopic (exact) mass is 309 g/mol. The van der Waals surface area contributed by atoms with Gasteiger partial charge in [0.15, 0.2) is 0 Å². The molecule has 1 saturated carbocycles. The smallest absolute Gasteiger partial charge is 0.123 e. The first-order chi connectivity index (χ1) is 11.3. The van der Waals surface area contributed by atoms with Crippen LogP contribution in [0.25, 0.3) is 0 Å². The van der Waals surface area contributed by atoms with Gasteiger partial charge in [0.1, 0.15) is 5.82 Å². The van der Waals surface area contributed by atoms with Crippen molar-refractivity contribution in [3.63, 3.8) is 0 Å². The summed E-state index contributed by atoms with van der Waals surface area (Å²) >= 11 is 0. The summed E-state index contributed by atoms with van der Waals surface area (Å²) in [6, 6.07) is 19.0. The number of rotatable bonds is 5. The molecule has 3 atom stereocenters. The molecule has 0 saturated heterocycles. The van der Waals surface area contributed by atoms with Crippen molar-refractivity contribution in [2.45, 2.75) is 37.9 Å². The third-order valence-electron chi connectivity index (χ3n) is 4.65. The second kappa shape index (κ2) is 7.39. The van der Waals surface area contributed by atoms with Gasteiger partial charge >= 0.3 is 0 Å². The van der Waals surface area contributed by atoms with E-state index in [0.717, 1.165) is 24.0 Å². The van der Waals surface area contributed by atoms with E-state index in [1.54, 1.807) is 0 Å². The standard InChI is InChI=1S/C20H20FNO/c21-18-9-6-16(7-10-18)20-17(12-13-22)8-11-19(20)23-14-15-4-2-1-3-5-15/h1-7,9-10,17,19-20H,8,11-12,14H2. The molecule has 0 radical (unpaired) electrons. The van der Waals surface area contributed by atoms with Gasteiger partial charge in [-0.3, -0.25) is 0 Å². The van der Waals surface area contributed by atoms with Crippen molar-refractivity contribution in [3.05, 3.63) is 71.5 Å². The highest BCUT2D eigenvalue weighted by Gasteiger charge is 2.37. The molecule has 23 heavy (non-hydrogen) atoms. The first-order valence-electron chi connectivity index (χ1n) is 8.06. The molecule has 3 heteroatoms. The zero-order valence-electron chi connectivity index (χ0n) is 13.0. The number of nitriles is 1. The highest BCUT2D eigenvalue weighted by Crippen LogP contribution is 2.43. The van der Waals surface area contributed by atoms with Crippen LogP contribution in [0.2, 0.25) is 0 Å². The van der Waals surface area contributed by atoms with Crippen molar-refractivity contribution in [3.8, 4) is 6.07 Å². The summed E-state index contributed by atoms with van der Waals surface area (Å²) in [5, 5.41) is 9.08. The minimum absolute atomic E-state index is 0.0824. The molecule has 3 rings (SSSR count). The van der Waals surface area contributed by atoms with Crippen LogP contribution >= 0.6 is 0 Å². The molecule has 0 N–H and O–H groups in total. The molecule has 2 aromatic carbocycles. The maximum absolute atomic E-state index is 13.2. The maximum atomic E-state index is 13.2. The second-order valence-corrected chi connectivity index (χ2v) is 6.11. The molecule has 0 bridgehead atoms. The molecule has 3 unspecified atom stereocenters. The third-order valence-corrected chi connectivity index (χ3v) is 4.65. The molecular formula is C20H20FNO. The number of hydrogen-bond acceptors (Lipinski definition) is 2. The van der Waals surface area contributed by atoms with Crippen LogP contribution in [0, 0.1) is 23.1 Å². The van der Waals surface area contributed by atoms with Gasteiger partial charge in [-0.15, -0.1) is 0 Å². The third kappa shape index (κ3) is 3.78. The zero-order valence-corrected chi connectivity index (χ0v) is 13.0. The van der Waals surface area contributed by atoms with Crippen LogP contribution in [-0.2, 0) is 11.3 Å². The molecule has 1 fully saturated rings. The molecule has 1 aliphatic carbocycles. The fourth-order valence-corrected chi connectivity index (χ4v) is 3.52. The molecule has 118 valence electrons. The summed E-state index contributed by atoms with van der Waals surface area (Å²) in [6.45, 7) is 0.572. The number of benzene rings is 2. The second-order valence-electron chi connectivity index (χ2n) is 6.11. The van der Waals surface area contributed by atoms with Gasteiger partial charge in [0, 0.05) is 12.3 Å². The Kier molecular flexibility index (Phi) is 5.05. The van der Waals surface area contributed by atoms with Crippen LogP contribution < -0.4 is 0 Å². The van der Waals surface area contributed by atoms with E-state index < -0.39 is 0 Å². The molecule has 0 aliphatic heterocycles. The van der Waals surface area contributed by atoms with E-state index in [9.17, 15) is 4.39 Å². The van der Waals surface area contributed by atoms with Gasteiger partial charge < -0.3 is 4.74 Å². The maximum Gasteiger partial charge on any atom is 0.123 e. The van der Waals surface area contributed by atoms with Crippen LogP contribution in [0.3, 0.4) is 0 Å². The number of nitrogens with zero attached hydrogens (tertiary/aromatic N) is 1. The van der Waals surface area contributed by atoms with Gasteiger partial charge in [-0.05, 0) is 42.0 Å². The van der Waals surface area contributed by atoms with Crippen molar-refractivity contribution >= 4 is 0 Å². The van der Waals surface area contributed by atoms with Gasteiger partial charge in [0.25, 0.3) is 0 Å².